The molecule has 0 N–H and O–H groups in total. The number of hydrogen-bond acceptors (Lipinski definition) is 3. The zero-order valence-electron chi connectivity index (χ0n) is 10.8. The summed E-state index contributed by atoms with van der Waals surface area (Å²) < 4.78 is 1.96. The molecule has 4 rings (SSSR count). The van der Waals surface area contributed by atoms with E-state index in [9.17, 15) is 0 Å². The summed E-state index contributed by atoms with van der Waals surface area (Å²) >= 11 is 6.08. The zero-order valence-corrected chi connectivity index (χ0v) is 11.6. The molecule has 100 valence electrons. The SMILES string of the molecule is Clc1nccn2c(C3CCCc4ccccc43)nnc12. The summed E-state index contributed by atoms with van der Waals surface area (Å²) in [7, 11) is 0. The Hall–Kier alpha value is -1.94. The van der Waals surface area contributed by atoms with Crippen molar-refractivity contribution in [1.29, 1.82) is 0 Å². The van der Waals surface area contributed by atoms with Gasteiger partial charge in [-0.1, -0.05) is 35.9 Å². The molecule has 2 heterocycles. The van der Waals surface area contributed by atoms with E-state index >= 15 is 0 Å². The van der Waals surface area contributed by atoms with Crippen LogP contribution in [0.3, 0.4) is 0 Å². The van der Waals surface area contributed by atoms with Gasteiger partial charge in [0.2, 0.25) is 0 Å². The van der Waals surface area contributed by atoms with E-state index in [4.69, 9.17) is 11.6 Å². The van der Waals surface area contributed by atoms with Crippen LogP contribution in [0.5, 0.6) is 0 Å². The summed E-state index contributed by atoms with van der Waals surface area (Å²) in [6.07, 6.45) is 6.99. The number of rotatable bonds is 1. The van der Waals surface area contributed by atoms with Gasteiger partial charge in [0.05, 0.1) is 0 Å². The van der Waals surface area contributed by atoms with Crippen molar-refractivity contribution in [3.05, 3.63) is 58.8 Å². The van der Waals surface area contributed by atoms with Gasteiger partial charge in [-0.2, -0.15) is 0 Å². The van der Waals surface area contributed by atoms with Gasteiger partial charge in [-0.3, -0.25) is 4.40 Å². The predicted octanol–water partition coefficient (Wildman–Crippen LogP) is 3.25. The summed E-state index contributed by atoms with van der Waals surface area (Å²) in [5.41, 5.74) is 3.41. The highest BCUT2D eigenvalue weighted by Crippen LogP contribution is 2.35. The monoisotopic (exact) mass is 284 g/mol. The Morgan fingerprint density at radius 2 is 2.10 bits per heavy atom. The second-order valence-corrected chi connectivity index (χ2v) is 5.47. The van der Waals surface area contributed by atoms with Crippen LogP contribution in [0.4, 0.5) is 0 Å². The minimum atomic E-state index is 0.286. The first-order valence-electron chi connectivity index (χ1n) is 6.77. The molecule has 1 atom stereocenters. The molecule has 0 bridgehead atoms. The van der Waals surface area contributed by atoms with E-state index in [2.05, 4.69) is 39.4 Å². The molecule has 1 unspecified atom stereocenters. The summed E-state index contributed by atoms with van der Waals surface area (Å²) in [5.74, 6) is 1.24. The van der Waals surface area contributed by atoms with Crippen molar-refractivity contribution in [2.45, 2.75) is 25.2 Å². The highest BCUT2D eigenvalue weighted by molar-refractivity contribution is 6.32. The van der Waals surface area contributed by atoms with E-state index in [1.807, 2.05) is 10.6 Å². The Morgan fingerprint density at radius 3 is 3.05 bits per heavy atom. The fourth-order valence-corrected chi connectivity index (χ4v) is 3.26. The maximum absolute atomic E-state index is 6.08. The molecule has 3 aromatic rings. The van der Waals surface area contributed by atoms with Crippen molar-refractivity contribution in [3.63, 3.8) is 0 Å². The van der Waals surface area contributed by atoms with Gasteiger partial charge in [0.1, 0.15) is 5.82 Å². The second kappa shape index (κ2) is 4.56. The molecule has 1 aromatic carbocycles. The second-order valence-electron chi connectivity index (χ2n) is 5.11. The first kappa shape index (κ1) is 11.9. The summed E-state index contributed by atoms with van der Waals surface area (Å²) in [4.78, 5) is 4.05. The van der Waals surface area contributed by atoms with Crippen molar-refractivity contribution in [1.82, 2.24) is 19.6 Å². The van der Waals surface area contributed by atoms with Crippen molar-refractivity contribution in [3.8, 4) is 0 Å². The molecule has 20 heavy (non-hydrogen) atoms. The molecular formula is C15H13ClN4. The number of aryl methyl sites for hydroxylation is 1. The van der Waals surface area contributed by atoms with Crippen molar-refractivity contribution in [2.75, 3.05) is 0 Å². The fourth-order valence-electron chi connectivity index (χ4n) is 3.07. The minimum absolute atomic E-state index is 0.286. The van der Waals surface area contributed by atoms with Crippen LogP contribution < -0.4 is 0 Å². The van der Waals surface area contributed by atoms with E-state index in [0.717, 1.165) is 18.7 Å². The van der Waals surface area contributed by atoms with Crippen molar-refractivity contribution in [2.24, 2.45) is 0 Å². The van der Waals surface area contributed by atoms with Crippen LogP contribution >= 0.6 is 11.6 Å². The Bertz CT molecular complexity index is 780. The van der Waals surface area contributed by atoms with Gasteiger partial charge in [0, 0.05) is 18.3 Å². The Balaban J connectivity index is 1.91. The van der Waals surface area contributed by atoms with Gasteiger partial charge in [-0.05, 0) is 30.4 Å². The van der Waals surface area contributed by atoms with Crippen LogP contribution in [-0.2, 0) is 6.42 Å². The quantitative estimate of drug-likeness (QED) is 0.689. The standard InChI is InChI=1S/C15H13ClN4/c16-13-15-19-18-14(20(15)9-8-17-13)12-7-3-5-10-4-1-2-6-11(10)12/h1-2,4,6,8-9,12H,3,5,7H2. The molecule has 1 aliphatic carbocycles. The van der Waals surface area contributed by atoms with Crippen molar-refractivity contribution < 1.29 is 0 Å². The van der Waals surface area contributed by atoms with Crippen molar-refractivity contribution >= 4 is 17.2 Å². The molecule has 1 aliphatic rings. The summed E-state index contributed by atoms with van der Waals surface area (Å²) in [6.45, 7) is 0. The van der Waals surface area contributed by atoms with Gasteiger partial charge < -0.3 is 0 Å². The normalized spacial score (nSPS) is 18.1. The van der Waals surface area contributed by atoms with Gasteiger partial charge in [0.25, 0.3) is 0 Å². The lowest BCUT2D eigenvalue weighted by Crippen LogP contribution is -2.13. The topological polar surface area (TPSA) is 43.1 Å². The van der Waals surface area contributed by atoms with E-state index in [-0.39, 0.29) is 5.92 Å². The van der Waals surface area contributed by atoms with Crippen LogP contribution in [0.15, 0.2) is 36.7 Å². The van der Waals surface area contributed by atoms with Crippen LogP contribution in [0.2, 0.25) is 5.15 Å². The van der Waals surface area contributed by atoms with E-state index in [0.29, 0.717) is 10.8 Å². The molecule has 2 aromatic heterocycles. The average Bonchev–Trinajstić information content (AvgIpc) is 2.92. The first-order chi connectivity index (χ1) is 9.84. The van der Waals surface area contributed by atoms with Gasteiger partial charge in [0.15, 0.2) is 10.8 Å². The molecule has 4 nitrogen and oxygen atoms in total. The third-order valence-corrected chi connectivity index (χ3v) is 4.26. The lowest BCUT2D eigenvalue weighted by Gasteiger charge is -2.24. The van der Waals surface area contributed by atoms with Crippen LogP contribution in [0, 0.1) is 0 Å². The molecule has 0 aliphatic heterocycles. The molecular weight excluding hydrogens is 272 g/mol. The van der Waals surface area contributed by atoms with Crippen LogP contribution in [0.25, 0.3) is 5.65 Å². The van der Waals surface area contributed by atoms with E-state index in [1.54, 1.807) is 6.20 Å². The highest BCUT2D eigenvalue weighted by atomic mass is 35.5. The molecule has 0 spiro atoms. The molecule has 0 saturated heterocycles. The number of fused-ring (bicyclic) bond motifs is 2. The third kappa shape index (κ3) is 1.72. The average molecular weight is 285 g/mol. The Kier molecular flexibility index (Phi) is 2.70. The number of nitrogens with zero attached hydrogens (tertiary/aromatic N) is 4. The predicted molar refractivity (Wildman–Crippen MR) is 77.0 cm³/mol. The number of hydrogen-bond donors (Lipinski definition) is 0. The largest absolute Gasteiger partial charge is 0.282 e. The first-order valence-corrected chi connectivity index (χ1v) is 7.15. The van der Waals surface area contributed by atoms with Crippen LogP contribution in [-0.4, -0.2) is 19.6 Å². The summed E-state index contributed by atoms with van der Waals surface area (Å²) in [6, 6.07) is 8.60. The maximum Gasteiger partial charge on any atom is 0.198 e. The molecule has 5 heteroatoms. The van der Waals surface area contributed by atoms with E-state index < -0.39 is 0 Å². The highest BCUT2D eigenvalue weighted by Gasteiger charge is 2.25. The fraction of sp³-hybridized carbons (Fsp3) is 0.267. The smallest absolute Gasteiger partial charge is 0.198 e. The Labute approximate surface area is 121 Å². The molecule has 0 radical (unpaired) electrons. The molecule has 0 fully saturated rings. The lowest BCUT2D eigenvalue weighted by atomic mass is 9.82. The molecule has 0 amide bonds. The number of benzene rings is 1. The Morgan fingerprint density at radius 1 is 1.20 bits per heavy atom. The minimum Gasteiger partial charge on any atom is -0.282 e. The third-order valence-electron chi connectivity index (χ3n) is 3.99. The number of halogens is 1. The van der Waals surface area contributed by atoms with Gasteiger partial charge >= 0.3 is 0 Å². The van der Waals surface area contributed by atoms with Gasteiger partial charge in [-0.15, -0.1) is 10.2 Å². The van der Waals surface area contributed by atoms with E-state index in [1.165, 1.54) is 17.5 Å². The van der Waals surface area contributed by atoms with Crippen LogP contribution in [0.1, 0.15) is 35.7 Å². The summed E-state index contributed by atoms with van der Waals surface area (Å²) in [5, 5.41) is 8.95. The molecule has 0 saturated carbocycles. The number of aromatic nitrogens is 4. The maximum atomic E-state index is 6.08. The lowest BCUT2D eigenvalue weighted by molar-refractivity contribution is 0.586. The van der Waals surface area contributed by atoms with Gasteiger partial charge in [-0.25, -0.2) is 4.98 Å². The zero-order chi connectivity index (χ0) is 13.5.